The number of carbonyl (C=O) groups excluding carboxylic acids is 3. The topological polar surface area (TPSA) is 78.5 Å². The summed E-state index contributed by atoms with van der Waals surface area (Å²) in [6, 6.07) is 13.8. The number of anilines is 2. The molecule has 1 heterocycles. The Kier molecular flexibility index (Phi) is 5.31. The molecule has 0 saturated carbocycles. The number of nitrogens with zero attached hydrogens (tertiary/aromatic N) is 1. The minimum absolute atomic E-state index is 0.115. The first-order chi connectivity index (χ1) is 12.6. The van der Waals surface area contributed by atoms with Crippen molar-refractivity contribution in [3.63, 3.8) is 0 Å². The van der Waals surface area contributed by atoms with Crippen molar-refractivity contribution in [3.8, 4) is 0 Å². The molecule has 6 nitrogen and oxygen atoms in total. The summed E-state index contributed by atoms with van der Waals surface area (Å²) in [7, 11) is 0. The van der Waals surface area contributed by atoms with Gasteiger partial charge in [-0.05, 0) is 55.8 Å². The number of benzene rings is 2. The predicted octanol–water partition coefficient (Wildman–Crippen LogP) is 2.82. The second kappa shape index (κ2) is 7.82. The number of nitrogens with one attached hydrogen (secondary N) is 2. The number of hydrogen-bond donors (Lipinski definition) is 2. The van der Waals surface area contributed by atoms with Crippen molar-refractivity contribution in [1.29, 1.82) is 0 Å². The highest BCUT2D eigenvalue weighted by molar-refractivity contribution is 6.05. The zero-order chi connectivity index (χ0) is 18.5. The molecule has 0 unspecified atom stereocenters. The molecule has 1 aliphatic rings. The second-order valence-corrected chi connectivity index (χ2v) is 6.09. The van der Waals surface area contributed by atoms with E-state index in [9.17, 15) is 14.4 Å². The van der Waals surface area contributed by atoms with Crippen LogP contribution in [-0.4, -0.2) is 30.8 Å². The van der Waals surface area contributed by atoms with Gasteiger partial charge in [0.05, 0.1) is 0 Å². The lowest BCUT2D eigenvalue weighted by molar-refractivity contribution is -0.117. The van der Waals surface area contributed by atoms with Crippen LogP contribution in [0, 0.1) is 0 Å². The Morgan fingerprint density at radius 2 is 1.81 bits per heavy atom. The first-order valence-corrected chi connectivity index (χ1v) is 8.68. The summed E-state index contributed by atoms with van der Waals surface area (Å²) in [4.78, 5) is 37.8. The molecule has 2 aromatic rings. The summed E-state index contributed by atoms with van der Waals surface area (Å²) in [5.41, 5.74) is 2.34. The Morgan fingerprint density at radius 3 is 2.46 bits per heavy atom. The average molecular weight is 351 g/mol. The lowest BCUT2D eigenvalue weighted by atomic mass is 10.1. The molecule has 3 amide bonds. The summed E-state index contributed by atoms with van der Waals surface area (Å²) in [5, 5.41) is 5.52. The van der Waals surface area contributed by atoms with Crippen LogP contribution in [0.15, 0.2) is 48.5 Å². The van der Waals surface area contributed by atoms with Crippen LogP contribution in [0.2, 0.25) is 0 Å². The van der Waals surface area contributed by atoms with Gasteiger partial charge < -0.3 is 15.5 Å². The number of amides is 3. The van der Waals surface area contributed by atoms with Gasteiger partial charge in [0.1, 0.15) is 0 Å². The lowest BCUT2D eigenvalue weighted by Crippen LogP contribution is -2.23. The van der Waals surface area contributed by atoms with Crippen molar-refractivity contribution in [2.24, 2.45) is 0 Å². The summed E-state index contributed by atoms with van der Waals surface area (Å²) in [6.45, 7) is 3.11. The fraction of sp³-hybridized carbons (Fsp3) is 0.250. The first kappa shape index (κ1) is 17.7. The van der Waals surface area contributed by atoms with Crippen LogP contribution in [0.3, 0.4) is 0 Å². The van der Waals surface area contributed by atoms with E-state index in [1.54, 1.807) is 53.4 Å². The highest BCUT2D eigenvalue weighted by Crippen LogP contribution is 2.22. The Balaban J connectivity index is 1.69. The molecule has 0 aliphatic carbocycles. The summed E-state index contributed by atoms with van der Waals surface area (Å²) in [5.74, 6) is -0.329. The van der Waals surface area contributed by atoms with Gasteiger partial charge in [0.15, 0.2) is 0 Å². The summed E-state index contributed by atoms with van der Waals surface area (Å²) >= 11 is 0. The van der Waals surface area contributed by atoms with E-state index >= 15 is 0 Å². The van der Waals surface area contributed by atoms with E-state index < -0.39 is 0 Å². The molecule has 1 aliphatic heterocycles. The molecule has 0 aromatic heterocycles. The van der Waals surface area contributed by atoms with Gasteiger partial charge in [-0.3, -0.25) is 14.4 Å². The molecule has 1 saturated heterocycles. The van der Waals surface area contributed by atoms with E-state index in [1.165, 1.54) is 0 Å². The SMILES string of the molecule is CCNC(=O)c1cccc(NC(=O)c2ccc(N3CCCC3=O)cc2)c1. The molecular weight excluding hydrogens is 330 g/mol. The minimum atomic E-state index is -0.266. The van der Waals surface area contributed by atoms with Crippen molar-refractivity contribution >= 4 is 29.1 Å². The fourth-order valence-corrected chi connectivity index (χ4v) is 2.92. The van der Waals surface area contributed by atoms with Gasteiger partial charge in [-0.15, -0.1) is 0 Å². The molecule has 2 N–H and O–H groups in total. The minimum Gasteiger partial charge on any atom is -0.352 e. The van der Waals surface area contributed by atoms with Crippen molar-refractivity contribution in [3.05, 3.63) is 59.7 Å². The maximum absolute atomic E-state index is 12.4. The largest absolute Gasteiger partial charge is 0.352 e. The standard InChI is InChI=1S/C20H21N3O3/c1-2-21-19(25)15-5-3-6-16(13-15)22-20(26)14-8-10-17(11-9-14)23-12-4-7-18(23)24/h3,5-6,8-11,13H,2,4,7,12H2,1H3,(H,21,25)(H,22,26). The lowest BCUT2D eigenvalue weighted by Gasteiger charge is -2.15. The van der Waals surface area contributed by atoms with Crippen molar-refractivity contribution < 1.29 is 14.4 Å². The molecule has 26 heavy (non-hydrogen) atoms. The highest BCUT2D eigenvalue weighted by atomic mass is 16.2. The Morgan fingerprint density at radius 1 is 1.04 bits per heavy atom. The van der Waals surface area contributed by atoms with Gasteiger partial charge in [0, 0.05) is 42.0 Å². The molecule has 3 rings (SSSR count). The molecule has 0 radical (unpaired) electrons. The van der Waals surface area contributed by atoms with Crippen LogP contribution >= 0.6 is 0 Å². The molecule has 0 bridgehead atoms. The molecular formula is C20H21N3O3. The van der Waals surface area contributed by atoms with Gasteiger partial charge in [0.2, 0.25) is 5.91 Å². The van der Waals surface area contributed by atoms with Gasteiger partial charge >= 0.3 is 0 Å². The van der Waals surface area contributed by atoms with E-state index in [-0.39, 0.29) is 17.7 Å². The maximum Gasteiger partial charge on any atom is 0.255 e. The fourth-order valence-electron chi connectivity index (χ4n) is 2.92. The molecule has 2 aromatic carbocycles. The Labute approximate surface area is 152 Å². The van der Waals surface area contributed by atoms with Crippen LogP contribution in [0.5, 0.6) is 0 Å². The van der Waals surface area contributed by atoms with Crippen molar-refractivity contribution in [1.82, 2.24) is 5.32 Å². The summed E-state index contributed by atoms with van der Waals surface area (Å²) < 4.78 is 0. The summed E-state index contributed by atoms with van der Waals surface area (Å²) in [6.07, 6.45) is 1.44. The van der Waals surface area contributed by atoms with E-state index in [0.29, 0.717) is 29.8 Å². The van der Waals surface area contributed by atoms with Crippen LogP contribution in [0.4, 0.5) is 11.4 Å². The zero-order valence-electron chi connectivity index (χ0n) is 14.6. The highest BCUT2D eigenvalue weighted by Gasteiger charge is 2.21. The Hall–Kier alpha value is -3.15. The Bertz CT molecular complexity index is 830. The van der Waals surface area contributed by atoms with Crippen LogP contribution in [0.25, 0.3) is 0 Å². The predicted molar refractivity (Wildman–Crippen MR) is 100 cm³/mol. The van der Waals surface area contributed by atoms with E-state index in [2.05, 4.69) is 10.6 Å². The van der Waals surface area contributed by atoms with Crippen LogP contribution < -0.4 is 15.5 Å². The van der Waals surface area contributed by atoms with E-state index in [1.807, 2.05) is 6.92 Å². The molecule has 6 heteroatoms. The third-order valence-electron chi connectivity index (χ3n) is 4.23. The van der Waals surface area contributed by atoms with Crippen molar-refractivity contribution in [2.75, 3.05) is 23.3 Å². The van der Waals surface area contributed by atoms with Gasteiger partial charge in [-0.2, -0.15) is 0 Å². The van der Waals surface area contributed by atoms with Crippen LogP contribution in [0.1, 0.15) is 40.5 Å². The normalized spacial score (nSPS) is 13.6. The molecule has 0 spiro atoms. The molecule has 1 fully saturated rings. The smallest absolute Gasteiger partial charge is 0.255 e. The molecule has 0 atom stereocenters. The third-order valence-corrected chi connectivity index (χ3v) is 4.23. The quantitative estimate of drug-likeness (QED) is 0.869. The first-order valence-electron chi connectivity index (χ1n) is 8.68. The van der Waals surface area contributed by atoms with E-state index in [0.717, 1.165) is 18.7 Å². The number of hydrogen-bond acceptors (Lipinski definition) is 3. The van der Waals surface area contributed by atoms with Gasteiger partial charge in [-0.1, -0.05) is 6.07 Å². The molecule has 134 valence electrons. The van der Waals surface area contributed by atoms with E-state index in [4.69, 9.17) is 0 Å². The van der Waals surface area contributed by atoms with Gasteiger partial charge in [0.25, 0.3) is 11.8 Å². The average Bonchev–Trinajstić information content (AvgIpc) is 3.08. The number of rotatable bonds is 5. The van der Waals surface area contributed by atoms with Gasteiger partial charge in [-0.25, -0.2) is 0 Å². The third kappa shape index (κ3) is 3.91. The number of carbonyl (C=O) groups is 3. The van der Waals surface area contributed by atoms with Crippen LogP contribution in [-0.2, 0) is 4.79 Å². The second-order valence-electron chi connectivity index (χ2n) is 6.09. The van der Waals surface area contributed by atoms with Crippen molar-refractivity contribution in [2.45, 2.75) is 19.8 Å². The monoisotopic (exact) mass is 351 g/mol. The maximum atomic E-state index is 12.4. The zero-order valence-corrected chi connectivity index (χ0v) is 14.6.